The molecule has 13 heavy (non-hydrogen) atoms. The fourth-order valence-electron chi connectivity index (χ4n) is 0.701. The fourth-order valence-corrected chi connectivity index (χ4v) is 2.15. The molecule has 0 unspecified atom stereocenters. The van der Waals surface area contributed by atoms with Gasteiger partial charge in [0.25, 0.3) is 6.43 Å². The number of sulfonamides is 1. The Morgan fingerprint density at radius 1 is 1.46 bits per heavy atom. The molecule has 0 aliphatic heterocycles. The van der Waals surface area contributed by atoms with Crippen LogP contribution in [0.4, 0.5) is 8.78 Å². The second-order valence-electron chi connectivity index (χ2n) is 2.53. The van der Waals surface area contributed by atoms with Crippen LogP contribution in [-0.4, -0.2) is 44.4 Å². The Kier molecular flexibility index (Phi) is 5.75. The summed E-state index contributed by atoms with van der Waals surface area (Å²) in [7, 11) is -2.41. The zero-order chi connectivity index (χ0) is 10.5. The Hall–Kier alpha value is 0.0600. The molecule has 0 aromatic heterocycles. The lowest BCUT2D eigenvalue weighted by Gasteiger charge is -2.15. The highest BCUT2D eigenvalue weighted by atomic mass is 35.5. The van der Waals surface area contributed by atoms with Crippen LogP contribution >= 0.6 is 11.6 Å². The lowest BCUT2D eigenvalue weighted by Crippen LogP contribution is -2.33. The van der Waals surface area contributed by atoms with Gasteiger partial charge in [-0.15, -0.1) is 11.6 Å². The highest BCUT2D eigenvalue weighted by Gasteiger charge is 2.20. The summed E-state index contributed by atoms with van der Waals surface area (Å²) < 4.78 is 46.6. The van der Waals surface area contributed by atoms with Crippen molar-refractivity contribution in [2.24, 2.45) is 0 Å². The van der Waals surface area contributed by atoms with Crippen LogP contribution in [0.25, 0.3) is 0 Å². The molecule has 0 bridgehead atoms. The van der Waals surface area contributed by atoms with Crippen molar-refractivity contribution < 1.29 is 17.2 Å². The van der Waals surface area contributed by atoms with Crippen molar-refractivity contribution in [1.29, 1.82) is 0 Å². The predicted octanol–water partition coefficient (Wildman–Crippen LogP) is 1.14. The molecule has 0 spiro atoms. The molecule has 0 amide bonds. The SMILES string of the molecule is CN(CC(F)F)S(=O)(=O)CCCCl. The first kappa shape index (κ1) is 13.1. The van der Waals surface area contributed by atoms with Crippen LogP contribution in [0, 0.1) is 0 Å². The van der Waals surface area contributed by atoms with Crippen LogP contribution in [0.2, 0.25) is 0 Å². The van der Waals surface area contributed by atoms with Gasteiger partial charge in [0.15, 0.2) is 0 Å². The normalized spacial score (nSPS) is 12.8. The number of hydrogen-bond donors (Lipinski definition) is 0. The van der Waals surface area contributed by atoms with Gasteiger partial charge < -0.3 is 0 Å². The van der Waals surface area contributed by atoms with Gasteiger partial charge in [-0.25, -0.2) is 17.2 Å². The number of hydrogen-bond acceptors (Lipinski definition) is 2. The number of nitrogens with zero attached hydrogens (tertiary/aromatic N) is 1. The highest BCUT2D eigenvalue weighted by molar-refractivity contribution is 7.89. The molecule has 0 atom stereocenters. The van der Waals surface area contributed by atoms with Crippen molar-refractivity contribution in [2.75, 3.05) is 25.2 Å². The molecule has 0 aromatic rings. The molecule has 0 aliphatic rings. The van der Waals surface area contributed by atoms with Gasteiger partial charge in [-0.3, -0.25) is 0 Å². The Morgan fingerprint density at radius 2 is 2.00 bits per heavy atom. The van der Waals surface area contributed by atoms with Crippen molar-refractivity contribution in [3.05, 3.63) is 0 Å². The second kappa shape index (κ2) is 5.72. The lowest BCUT2D eigenvalue weighted by atomic mass is 10.6. The third kappa shape index (κ3) is 5.38. The average molecular weight is 236 g/mol. The maximum absolute atomic E-state index is 11.8. The Morgan fingerprint density at radius 3 is 2.38 bits per heavy atom. The van der Waals surface area contributed by atoms with Crippen LogP contribution in [0.3, 0.4) is 0 Å². The van der Waals surface area contributed by atoms with E-state index in [2.05, 4.69) is 0 Å². The lowest BCUT2D eigenvalue weighted by molar-refractivity contribution is 0.126. The van der Waals surface area contributed by atoms with Crippen LogP contribution in [-0.2, 0) is 10.0 Å². The Labute approximate surface area is 81.7 Å². The summed E-state index contributed by atoms with van der Waals surface area (Å²) in [4.78, 5) is 0. The summed E-state index contributed by atoms with van der Waals surface area (Å²) in [5.41, 5.74) is 0. The number of halogens is 3. The summed E-state index contributed by atoms with van der Waals surface area (Å²) >= 11 is 5.29. The minimum absolute atomic E-state index is 0.181. The molecule has 3 nitrogen and oxygen atoms in total. The smallest absolute Gasteiger partial charge is 0.212 e. The first-order valence-corrected chi connectivity index (χ1v) is 5.82. The molecule has 0 saturated heterocycles. The maximum Gasteiger partial charge on any atom is 0.252 e. The van der Waals surface area contributed by atoms with Gasteiger partial charge in [0.05, 0.1) is 12.3 Å². The predicted molar refractivity (Wildman–Crippen MR) is 47.8 cm³/mol. The molecular weight excluding hydrogens is 224 g/mol. The number of rotatable bonds is 6. The fraction of sp³-hybridized carbons (Fsp3) is 1.00. The minimum atomic E-state index is -3.55. The van der Waals surface area contributed by atoms with Crippen molar-refractivity contribution in [3.63, 3.8) is 0 Å². The molecule has 0 rings (SSSR count). The van der Waals surface area contributed by atoms with Gasteiger partial charge in [-0.1, -0.05) is 0 Å². The summed E-state index contributed by atoms with van der Waals surface area (Å²) in [6.45, 7) is -0.759. The van der Waals surface area contributed by atoms with E-state index < -0.39 is 23.0 Å². The molecule has 0 saturated carbocycles. The van der Waals surface area contributed by atoms with Gasteiger partial charge in [-0.2, -0.15) is 4.31 Å². The summed E-state index contributed by atoms with van der Waals surface area (Å²) in [5, 5.41) is 0. The molecule has 0 fully saturated rings. The van der Waals surface area contributed by atoms with E-state index in [1.165, 1.54) is 0 Å². The monoisotopic (exact) mass is 235 g/mol. The standard InChI is InChI=1S/C6H12ClF2NO2S/c1-10(5-6(8)9)13(11,12)4-2-3-7/h6H,2-5H2,1H3. The number of alkyl halides is 3. The molecule has 0 aliphatic carbocycles. The van der Waals surface area contributed by atoms with Crippen LogP contribution in [0.1, 0.15) is 6.42 Å². The van der Waals surface area contributed by atoms with E-state index in [0.29, 0.717) is 4.31 Å². The quantitative estimate of drug-likeness (QED) is 0.648. The van der Waals surface area contributed by atoms with E-state index in [9.17, 15) is 17.2 Å². The van der Waals surface area contributed by atoms with E-state index in [4.69, 9.17) is 11.6 Å². The zero-order valence-electron chi connectivity index (χ0n) is 7.21. The summed E-state index contributed by atoms with van der Waals surface area (Å²) in [6.07, 6.45) is -2.37. The van der Waals surface area contributed by atoms with Crippen LogP contribution in [0.5, 0.6) is 0 Å². The van der Waals surface area contributed by atoms with Gasteiger partial charge in [0.1, 0.15) is 0 Å². The van der Waals surface area contributed by atoms with E-state index in [1.807, 2.05) is 0 Å². The van der Waals surface area contributed by atoms with E-state index in [0.717, 1.165) is 7.05 Å². The van der Waals surface area contributed by atoms with Crippen molar-refractivity contribution >= 4 is 21.6 Å². The molecular formula is C6H12ClF2NO2S. The maximum atomic E-state index is 11.8. The summed E-state index contributed by atoms with van der Waals surface area (Å²) in [5.74, 6) is 0.0292. The van der Waals surface area contributed by atoms with Crippen LogP contribution in [0.15, 0.2) is 0 Å². The van der Waals surface area contributed by atoms with Gasteiger partial charge in [0.2, 0.25) is 10.0 Å². The largest absolute Gasteiger partial charge is 0.252 e. The minimum Gasteiger partial charge on any atom is -0.212 e. The van der Waals surface area contributed by atoms with Gasteiger partial charge >= 0.3 is 0 Å². The molecule has 0 heterocycles. The molecule has 80 valence electrons. The van der Waals surface area contributed by atoms with E-state index in [1.54, 1.807) is 0 Å². The first-order chi connectivity index (χ1) is 5.90. The van der Waals surface area contributed by atoms with E-state index in [-0.39, 0.29) is 18.1 Å². The van der Waals surface area contributed by atoms with Crippen molar-refractivity contribution in [2.45, 2.75) is 12.8 Å². The Balaban J connectivity index is 4.12. The highest BCUT2D eigenvalue weighted by Crippen LogP contribution is 2.04. The van der Waals surface area contributed by atoms with Crippen molar-refractivity contribution in [1.82, 2.24) is 4.31 Å². The summed E-state index contributed by atoms with van der Waals surface area (Å²) in [6, 6.07) is 0. The van der Waals surface area contributed by atoms with Gasteiger partial charge in [0, 0.05) is 12.9 Å². The Bertz CT molecular complexity index is 233. The van der Waals surface area contributed by atoms with E-state index >= 15 is 0 Å². The zero-order valence-corrected chi connectivity index (χ0v) is 8.78. The molecule has 0 N–H and O–H groups in total. The topological polar surface area (TPSA) is 37.4 Å². The molecule has 0 aromatic carbocycles. The third-order valence-electron chi connectivity index (χ3n) is 1.41. The van der Waals surface area contributed by atoms with Crippen LogP contribution < -0.4 is 0 Å². The van der Waals surface area contributed by atoms with Crippen molar-refractivity contribution in [3.8, 4) is 0 Å². The first-order valence-electron chi connectivity index (χ1n) is 3.68. The molecule has 7 heteroatoms. The third-order valence-corrected chi connectivity index (χ3v) is 3.58. The second-order valence-corrected chi connectivity index (χ2v) is 5.10. The molecule has 0 radical (unpaired) electrons. The van der Waals surface area contributed by atoms with Gasteiger partial charge in [-0.05, 0) is 6.42 Å². The average Bonchev–Trinajstić information content (AvgIpc) is 1.99.